The van der Waals surface area contributed by atoms with Crippen molar-refractivity contribution in [3.8, 4) is 11.5 Å². The van der Waals surface area contributed by atoms with Crippen molar-refractivity contribution in [3.63, 3.8) is 0 Å². The molecule has 3 amide bonds. The number of nitrogens with zero attached hydrogens (tertiary/aromatic N) is 7. The maximum absolute atomic E-state index is 13.9. The van der Waals surface area contributed by atoms with E-state index in [1.54, 1.807) is 30.5 Å². The number of nitrogens with two attached hydrogens (primary N) is 2. The third-order valence-electron chi connectivity index (χ3n) is 9.50. The molecule has 20 nitrogen and oxygen atoms in total. The number of primary amides is 1. The first kappa shape index (κ1) is 40.1. The summed E-state index contributed by atoms with van der Waals surface area (Å²) < 4.78 is 23.3. The van der Waals surface area contributed by atoms with Crippen LogP contribution in [0.25, 0.3) is 22.1 Å². The second-order valence-electron chi connectivity index (χ2n) is 13.8. The number of carbonyl (C=O) groups excluding carboxylic acids is 3. The third-order valence-corrected chi connectivity index (χ3v) is 9.50. The molecule has 6 aromatic rings. The molecule has 308 valence electrons. The number of ether oxygens (including phenoxy) is 2. The minimum atomic E-state index is -0.940. The Balaban J connectivity index is 1.28. The maximum atomic E-state index is 13.9. The number of rotatable bonds is 12. The minimum Gasteiger partial charge on any atom is -0.491 e. The summed E-state index contributed by atoms with van der Waals surface area (Å²) in [7, 11) is 0. The average Bonchev–Trinajstić information content (AvgIpc) is 3.95. The lowest BCUT2D eigenvalue weighted by Crippen LogP contribution is -2.21. The van der Waals surface area contributed by atoms with Crippen molar-refractivity contribution in [2.24, 2.45) is 11.6 Å². The molecule has 1 aliphatic heterocycles. The van der Waals surface area contributed by atoms with Gasteiger partial charge in [0.15, 0.2) is 5.89 Å². The van der Waals surface area contributed by atoms with Crippen molar-refractivity contribution in [2.75, 3.05) is 23.8 Å². The molecule has 0 radical (unpaired) electrons. The van der Waals surface area contributed by atoms with Crippen molar-refractivity contribution >= 4 is 57.7 Å². The molecular weight excluding hydrogens is 765 g/mol. The Bertz CT molecular complexity index is 2620. The molecule has 0 aliphatic carbocycles. The predicted molar refractivity (Wildman–Crippen MR) is 214 cm³/mol. The van der Waals surface area contributed by atoms with Crippen LogP contribution in [0.15, 0.2) is 46.9 Å². The molecular formula is C39H44N12O8. The SMILES string of the molecule is CCc1nc(C)oc1C(=O)Nc1nc2cc(C(N)=O)cc3c2n1C/C=C/Cn1c(NC(=O)c2cc(C)nn2CCCC(=O)O)nc2cc(CNN)cc(c21)OCCCO3. The van der Waals surface area contributed by atoms with E-state index < -0.39 is 23.7 Å². The Morgan fingerprint density at radius 2 is 1.51 bits per heavy atom. The molecule has 4 aromatic heterocycles. The Morgan fingerprint density at radius 3 is 2.14 bits per heavy atom. The third kappa shape index (κ3) is 8.62. The summed E-state index contributed by atoms with van der Waals surface area (Å²) >= 11 is 0. The number of nitrogens with one attached hydrogen (secondary N) is 3. The number of imidazole rings is 2. The van der Waals surface area contributed by atoms with E-state index in [1.807, 2.05) is 35.8 Å². The summed E-state index contributed by atoms with van der Waals surface area (Å²) in [5.74, 6) is 4.64. The van der Waals surface area contributed by atoms with Crippen LogP contribution in [-0.2, 0) is 37.4 Å². The molecule has 0 atom stereocenters. The van der Waals surface area contributed by atoms with Crippen LogP contribution in [-0.4, -0.2) is 75.9 Å². The number of carbonyl (C=O) groups is 4. The fourth-order valence-electron chi connectivity index (χ4n) is 6.92. The summed E-state index contributed by atoms with van der Waals surface area (Å²) in [6.07, 6.45) is 4.81. The lowest BCUT2D eigenvalue weighted by molar-refractivity contribution is -0.137. The number of anilines is 2. The number of oxazole rings is 1. The van der Waals surface area contributed by atoms with Crippen LogP contribution >= 0.6 is 0 Å². The summed E-state index contributed by atoms with van der Waals surface area (Å²) in [5, 5.41) is 19.4. The van der Waals surface area contributed by atoms with Gasteiger partial charge in [0.2, 0.25) is 23.6 Å². The standard InChI is InChI=1S/C39H44N12O8/c1-4-25-34(59-22(3)43-25)37(56)47-39-45-27-18-24(35(40)54)19-30-33(27)50(39)11-6-5-10-49-32-26(16-23(20-42-41)17-29(32)57-13-8-14-58-30)44-38(49)46-36(55)28-15-21(2)48-51(28)12-7-9-31(52)53/h5-6,15-19,42H,4,7-14,20,41H2,1-3H3,(H2,40,54)(H,52,53)(H,44,46,55)(H,45,47,56)/b6-5+. The molecule has 0 bridgehead atoms. The van der Waals surface area contributed by atoms with Crippen LogP contribution in [0.3, 0.4) is 0 Å². The predicted octanol–water partition coefficient (Wildman–Crippen LogP) is 3.60. The van der Waals surface area contributed by atoms with Gasteiger partial charge in [-0.2, -0.15) is 5.10 Å². The number of aliphatic carboxylic acids is 1. The van der Waals surface area contributed by atoms with E-state index in [0.29, 0.717) is 70.2 Å². The van der Waals surface area contributed by atoms with Gasteiger partial charge in [0.25, 0.3) is 11.8 Å². The van der Waals surface area contributed by atoms with Gasteiger partial charge in [-0.05, 0) is 55.7 Å². The number of allylic oxidation sites excluding steroid dienone is 2. The minimum absolute atomic E-state index is 0.0630. The number of hydrazine groups is 1. The molecule has 0 spiro atoms. The molecule has 5 heterocycles. The van der Waals surface area contributed by atoms with Crippen molar-refractivity contribution in [2.45, 2.75) is 72.6 Å². The van der Waals surface area contributed by atoms with Crippen molar-refractivity contribution in [3.05, 3.63) is 82.3 Å². The van der Waals surface area contributed by atoms with E-state index in [0.717, 1.165) is 5.56 Å². The highest BCUT2D eigenvalue weighted by Gasteiger charge is 2.25. The van der Waals surface area contributed by atoms with Gasteiger partial charge in [0.05, 0.1) is 35.6 Å². The summed E-state index contributed by atoms with van der Waals surface area (Å²) in [5.41, 5.74) is 12.7. The normalized spacial score (nSPS) is 13.6. The topological polar surface area (TPSA) is 275 Å². The van der Waals surface area contributed by atoms with Gasteiger partial charge in [-0.1, -0.05) is 19.1 Å². The highest BCUT2D eigenvalue weighted by atomic mass is 16.5. The monoisotopic (exact) mass is 808 g/mol. The van der Waals surface area contributed by atoms with Gasteiger partial charge in [-0.3, -0.25) is 45.8 Å². The molecule has 1 aliphatic rings. The van der Waals surface area contributed by atoms with E-state index in [-0.39, 0.29) is 74.6 Å². The van der Waals surface area contributed by atoms with Crippen LogP contribution in [0.4, 0.5) is 11.9 Å². The zero-order valence-corrected chi connectivity index (χ0v) is 32.7. The number of aryl methyl sites for hydroxylation is 4. The number of hydrogen-bond acceptors (Lipinski definition) is 13. The largest absolute Gasteiger partial charge is 0.491 e. The first-order valence-electron chi connectivity index (χ1n) is 19.0. The number of benzene rings is 2. The lowest BCUT2D eigenvalue weighted by Gasteiger charge is -2.14. The lowest BCUT2D eigenvalue weighted by atomic mass is 10.1. The molecule has 7 rings (SSSR count). The first-order valence-corrected chi connectivity index (χ1v) is 19.0. The zero-order valence-electron chi connectivity index (χ0n) is 32.7. The molecule has 0 unspecified atom stereocenters. The highest BCUT2D eigenvalue weighted by molar-refractivity contribution is 6.05. The molecule has 0 saturated carbocycles. The molecule has 2 aromatic carbocycles. The quantitative estimate of drug-likeness (QED) is 0.0586. The smallest absolute Gasteiger partial charge is 0.303 e. The van der Waals surface area contributed by atoms with Gasteiger partial charge in [-0.15, -0.1) is 0 Å². The second-order valence-corrected chi connectivity index (χ2v) is 13.8. The van der Waals surface area contributed by atoms with E-state index in [1.165, 1.54) is 10.7 Å². The summed E-state index contributed by atoms with van der Waals surface area (Å²) in [6.45, 7) is 6.58. The van der Waals surface area contributed by atoms with Gasteiger partial charge in [-0.25, -0.2) is 15.0 Å². The van der Waals surface area contributed by atoms with E-state index in [2.05, 4.69) is 26.1 Å². The Morgan fingerprint density at radius 1 is 0.864 bits per heavy atom. The highest BCUT2D eigenvalue weighted by Crippen LogP contribution is 2.34. The fourth-order valence-corrected chi connectivity index (χ4v) is 6.92. The van der Waals surface area contributed by atoms with Crippen molar-refractivity contribution in [1.29, 1.82) is 0 Å². The number of carboxylic acids is 1. The Labute approximate surface area is 336 Å². The number of aromatic nitrogens is 7. The van der Waals surface area contributed by atoms with Crippen LogP contribution in [0.5, 0.6) is 11.5 Å². The van der Waals surface area contributed by atoms with Gasteiger partial charge < -0.3 is 33.9 Å². The van der Waals surface area contributed by atoms with E-state index >= 15 is 0 Å². The molecule has 8 N–H and O–H groups in total. The maximum Gasteiger partial charge on any atom is 0.303 e. The number of carboxylic acid groups (broad SMARTS) is 1. The average molecular weight is 809 g/mol. The van der Waals surface area contributed by atoms with Crippen LogP contribution < -0.4 is 37.1 Å². The first-order chi connectivity index (χ1) is 28.4. The zero-order chi connectivity index (χ0) is 41.8. The van der Waals surface area contributed by atoms with Crippen LogP contribution in [0.2, 0.25) is 0 Å². The van der Waals surface area contributed by atoms with Gasteiger partial charge in [0, 0.05) is 51.5 Å². The number of hydrogen-bond donors (Lipinski definition) is 6. The van der Waals surface area contributed by atoms with Crippen molar-refractivity contribution < 1.29 is 38.2 Å². The fraction of sp³-hybridized carbons (Fsp3) is 0.333. The van der Waals surface area contributed by atoms with E-state index in [4.69, 9.17) is 40.5 Å². The van der Waals surface area contributed by atoms with Crippen molar-refractivity contribution in [1.82, 2.24) is 39.3 Å². The van der Waals surface area contributed by atoms with E-state index in [9.17, 15) is 19.2 Å². The van der Waals surface area contributed by atoms with Gasteiger partial charge >= 0.3 is 5.97 Å². The Kier molecular flexibility index (Phi) is 11.7. The molecule has 59 heavy (non-hydrogen) atoms. The van der Waals surface area contributed by atoms with Crippen LogP contribution in [0.1, 0.15) is 80.4 Å². The van der Waals surface area contributed by atoms with Gasteiger partial charge in [0.1, 0.15) is 28.2 Å². The molecule has 0 saturated heterocycles. The molecule has 0 fully saturated rings. The number of amides is 3. The summed E-state index contributed by atoms with van der Waals surface area (Å²) in [4.78, 5) is 64.9. The van der Waals surface area contributed by atoms with Crippen LogP contribution in [0, 0.1) is 13.8 Å². The second kappa shape index (κ2) is 17.2. The summed E-state index contributed by atoms with van der Waals surface area (Å²) in [6, 6.07) is 8.41. The Hall–Kier alpha value is -7.06. The molecule has 20 heteroatoms.